The van der Waals surface area contributed by atoms with Gasteiger partial charge in [0, 0.05) is 29.6 Å². The van der Waals surface area contributed by atoms with Gasteiger partial charge in [0.25, 0.3) is 0 Å². The number of phenols is 1. The second-order valence-corrected chi connectivity index (χ2v) is 6.49. The number of fused-ring (bicyclic) bond motifs is 2. The molecule has 8 nitrogen and oxygen atoms in total. The van der Waals surface area contributed by atoms with Crippen molar-refractivity contribution in [3.63, 3.8) is 0 Å². The summed E-state index contributed by atoms with van der Waals surface area (Å²) in [5, 5.41) is 13.2. The van der Waals surface area contributed by atoms with E-state index < -0.39 is 0 Å². The number of benzene rings is 2. The average molecular weight is 390 g/mol. The molecule has 0 fully saturated rings. The molecule has 1 aliphatic rings. The Balaban J connectivity index is 1.64. The molecule has 0 saturated carbocycles. The van der Waals surface area contributed by atoms with Crippen molar-refractivity contribution in [1.29, 1.82) is 0 Å². The SMILES string of the molecule is COc1cc(O)ccc1-c1nc2ccncn2c1Nc1ccc2c(c1)OCCO2. The Bertz CT molecular complexity index is 1200. The Morgan fingerprint density at radius 3 is 2.79 bits per heavy atom. The van der Waals surface area contributed by atoms with Gasteiger partial charge in [-0.3, -0.25) is 4.40 Å². The maximum atomic E-state index is 9.82. The summed E-state index contributed by atoms with van der Waals surface area (Å²) >= 11 is 0. The van der Waals surface area contributed by atoms with Crippen molar-refractivity contribution in [3.05, 3.63) is 55.0 Å². The number of hydrogen-bond acceptors (Lipinski definition) is 7. The minimum absolute atomic E-state index is 0.123. The molecule has 1 aliphatic heterocycles. The molecule has 0 spiro atoms. The Labute approximate surface area is 166 Å². The van der Waals surface area contributed by atoms with Gasteiger partial charge in [-0.05, 0) is 30.3 Å². The molecule has 2 aromatic heterocycles. The third-order valence-corrected chi connectivity index (χ3v) is 4.68. The van der Waals surface area contributed by atoms with E-state index in [0.29, 0.717) is 36.2 Å². The number of methoxy groups -OCH3 is 1. The van der Waals surface area contributed by atoms with Gasteiger partial charge in [0.1, 0.15) is 48.2 Å². The van der Waals surface area contributed by atoms with E-state index in [1.165, 1.54) is 0 Å². The van der Waals surface area contributed by atoms with Crippen LogP contribution in [0.2, 0.25) is 0 Å². The highest BCUT2D eigenvalue weighted by molar-refractivity contribution is 5.83. The summed E-state index contributed by atoms with van der Waals surface area (Å²) in [7, 11) is 1.56. The van der Waals surface area contributed by atoms with Crippen LogP contribution >= 0.6 is 0 Å². The first-order valence-corrected chi connectivity index (χ1v) is 9.09. The zero-order valence-corrected chi connectivity index (χ0v) is 15.6. The second-order valence-electron chi connectivity index (χ2n) is 6.49. The number of aromatic nitrogens is 3. The van der Waals surface area contributed by atoms with E-state index in [2.05, 4.69) is 10.3 Å². The van der Waals surface area contributed by atoms with Gasteiger partial charge in [-0.1, -0.05) is 0 Å². The van der Waals surface area contributed by atoms with Crippen LogP contribution in [0.15, 0.2) is 55.0 Å². The number of nitrogens with zero attached hydrogens (tertiary/aromatic N) is 3. The lowest BCUT2D eigenvalue weighted by Gasteiger charge is -2.19. The van der Waals surface area contributed by atoms with Gasteiger partial charge in [-0.2, -0.15) is 0 Å². The van der Waals surface area contributed by atoms with Crippen LogP contribution in [0.3, 0.4) is 0 Å². The van der Waals surface area contributed by atoms with Gasteiger partial charge in [0.05, 0.1) is 7.11 Å². The summed E-state index contributed by atoms with van der Waals surface area (Å²) in [6.45, 7) is 1.06. The number of nitrogens with one attached hydrogen (secondary N) is 1. The van der Waals surface area contributed by atoms with Crippen LogP contribution in [0.1, 0.15) is 0 Å². The molecule has 2 N–H and O–H groups in total. The highest BCUT2D eigenvalue weighted by Crippen LogP contribution is 2.39. The fourth-order valence-electron chi connectivity index (χ4n) is 3.34. The van der Waals surface area contributed by atoms with Gasteiger partial charge < -0.3 is 24.6 Å². The van der Waals surface area contributed by atoms with E-state index in [9.17, 15) is 5.11 Å². The molecule has 0 saturated heterocycles. The van der Waals surface area contributed by atoms with Crippen molar-refractivity contribution in [3.8, 4) is 34.3 Å². The van der Waals surface area contributed by atoms with E-state index in [-0.39, 0.29) is 5.75 Å². The first kappa shape index (κ1) is 17.2. The van der Waals surface area contributed by atoms with Crippen molar-refractivity contribution >= 4 is 17.2 Å². The third-order valence-electron chi connectivity index (χ3n) is 4.68. The first-order chi connectivity index (χ1) is 14.2. The van der Waals surface area contributed by atoms with Crippen LogP contribution in [0.5, 0.6) is 23.0 Å². The minimum Gasteiger partial charge on any atom is -0.508 e. The zero-order chi connectivity index (χ0) is 19.8. The Morgan fingerprint density at radius 2 is 1.93 bits per heavy atom. The zero-order valence-electron chi connectivity index (χ0n) is 15.6. The molecule has 0 unspecified atom stereocenters. The number of aromatic hydroxyl groups is 1. The van der Waals surface area contributed by atoms with E-state index in [1.807, 2.05) is 28.7 Å². The largest absolute Gasteiger partial charge is 0.508 e. The molecule has 0 amide bonds. The predicted octanol–water partition coefficient (Wildman–Crippen LogP) is 3.63. The standard InChI is InChI=1S/C21H18N4O4/c1-27-17-11-14(26)3-4-15(17)20-21(25-12-22-7-6-19(25)24-20)23-13-2-5-16-18(10-13)29-9-8-28-16/h2-7,10-12,23,26H,8-9H2,1H3. The molecule has 29 heavy (non-hydrogen) atoms. The maximum absolute atomic E-state index is 9.82. The summed E-state index contributed by atoms with van der Waals surface area (Å²) in [4.78, 5) is 8.96. The topological polar surface area (TPSA) is 90.1 Å². The number of rotatable bonds is 4. The molecule has 8 heteroatoms. The summed E-state index contributed by atoms with van der Waals surface area (Å²) in [5.74, 6) is 2.77. The van der Waals surface area contributed by atoms with Crippen LogP contribution in [0.4, 0.5) is 11.5 Å². The quantitative estimate of drug-likeness (QED) is 0.550. The van der Waals surface area contributed by atoms with Gasteiger partial charge in [0.15, 0.2) is 11.5 Å². The van der Waals surface area contributed by atoms with Crippen LogP contribution in [-0.4, -0.2) is 39.8 Å². The molecule has 146 valence electrons. The second kappa shape index (κ2) is 6.90. The maximum Gasteiger partial charge on any atom is 0.163 e. The molecule has 5 rings (SSSR count). The Hall–Kier alpha value is -3.94. The average Bonchev–Trinajstić information content (AvgIpc) is 3.11. The van der Waals surface area contributed by atoms with Crippen molar-refractivity contribution in [2.45, 2.75) is 0 Å². The van der Waals surface area contributed by atoms with Gasteiger partial charge in [-0.15, -0.1) is 0 Å². The van der Waals surface area contributed by atoms with E-state index in [4.69, 9.17) is 19.2 Å². The van der Waals surface area contributed by atoms with E-state index in [0.717, 1.165) is 22.6 Å². The summed E-state index contributed by atoms with van der Waals surface area (Å²) in [5.41, 5.74) is 2.96. The van der Waals surface area contributed by atoms with Crippen LogP contribution in [-0.2, 0) is 0 Å². The molecule has 0 atom stereocenters. The monoisotopic (exact) mass is 390 g/mol. The molecule has 0 bridgehead atoms. The summed E-state index contributed by atoms with van der Waals surface area (Å²) < 4.78 is 18.6. The number of ether oxygens (including phenoxy) is 3. The number of hydrogen-bond donors (Lipinski definition) is 2. The summed E-state index contributed by atoms with van der Waals surface area (Å²) in [6, 6.07) is 12.4. The van der Waals surface area contributed by atoms with Crippen molar-refractivity contribution in [2.75, 3.05) is 25.6 Å². The molecule has 0 aliphatic carbocycles. The van der Waals surface area contributed by atoms with Gasteiger partial charge in [-0.25, -0.2) is 9.97 Å². The predicted molar refractivity (Wildman–Crippen MR) is 107 cm³/mol. The fourth-order valence-corrected chi connectivity index (χ4v) is 3.34. The highest BCUT2D eigenvalue weighted by Gasteiger charge is 2.19. The molecular weight excluding hydrogens is 372 g/mol. The fraction of sp³-hybridized carbons (Fsp3) is 0.143. The normalized spacial score (nSPS) is 12.7. The van der Waals surface area contributed by atoms with Crippen LogP contribution < -0.4 is 19.5 Å². The van der Waals surface area contributed by atoms with Crippen molar-refractivity contribution in [2.24, 2.45) is 0 Å². The van der Waals surface area contributed by atoms with Gasteiger partial charge in [0.2, 0.25) is 0 Å². The molecule has 0 radical (unpaired) electrons. The number of anilines is 2. The number of phenolic OH excluding ortho intramolecular Hbond substituents is 1. The molecular formula is C21H18N4O4. The lowest BCUT2D eigenvalue weighted by molar-refractivity contribution is 0.171. The number of imidazole rings is 1. The lowest BCUT2D eigenvalue weighted by Crippen LogP contribution is -2.15. The Morgan fingerprint density at radius 1 is 1.07 bits per heavy atom. The minimum atomic E-state index is 0.123. The van der Waals surface area contributed by atoms with E-state index in [1.54, 1.807) is 37.8 Å². The van der Waals surface area contributed by atoms with Crippen LogP contribution in [0, 0.1) is 0 Å². The molecule has 3 heterocycles. The smallest absolute Gasteiger partial charge is 0.163 e. The summed E-state index contributed by atoms with van der Waals surface area (Å²) in [6.07, 6.45) is 3.38. The lowest BCUT2D eigenvalue weighted by atomic mass is 10.1. The van der Waals surface area contributed by atoms with Crippen molar-refractivity contribution in [1.82, 2.24) is 14.4 Å². The van der Waals surface area contributed by atoms with Crippen LogP contribution in [0.25, 0.3) is 16.9 Å². The van der Waals surface area contributed by atoms with Crippen molar-refractivity contribution < 1.29 is 19.3 Å². The molecule has 4 aromatic rings. The third kappa shape index (κ3) is 3.04. The first-order valence-electron chi connectivity index (χ1n) is 9.09. The Kier molecular flexibility index (Phi) is 4.09. The molecule has 2 aromatic carbocycles. The van der Waals surface area contributed by atoms with E-state index >= 15 is 0 Å². The highest BCUT2D eigenvalue weighted by atomic mass is 16.6. The van der Waals surface area contributed by atoms with Gasteiger partial charge >= 0.3 is 0 Å².